The van der Waals surface area contributed by atoms with Crippen LogP contribution in [0.4, 0.5) is 0 Å². The molecule has 3 heterocycles. The normalized spacial score (nSPS) is 20.6. The molecule has 0 bridgehead atoms. The summed E-state index contributed by atoms with van der Waals surface area (Å²) in [4.78, 5) is 8.96. The van der Waals surface area contributed by atoms with Crippen molar-refractivity contribution in [3.63, 3.8) is 0 Å². The summed E-state index contributed by atoms with van der Waals surface area (Å²) in [6.07, 6.45) is 4.11. The van der Waals surface area contributed by atoms with E-state index in [0.717, 1.165) is 47.8 Å². The maximum Gasteiger partial charge on any atom is 0.226 e. The topological polar surface area (TPSA) is 63.8 Å². The molecule has 1 N–H and O–H groups in total. The van der Waals surface area contributed by atoms with Gasteiger partial charge in [0.05, 0.1) is 6.42 Å². The van der Waals surface area contributed by atoms with E-state index in [4.69, 9.17) is 4.52 Å². The molecule has 114 valence electrons. The highest BCUT2D eigenvalue weighted by Gasteiger charge is 2.22. The molecule has 2 unspecified atom stereocenters. The van der Waals surface area contributed by atoms with Crippen LogP contribution < -0.4 is 5.32 Å². The minimum absolute atomic E-state index is 0.577. The van der Waals surface area contributed by atoms with Gasteiger partial charge in [0.25, 0.3) is 0 Å². The Hall–Kier alpha value is -1.27. The Morgan fingerprint density at radius 1 is 1.48 bits per heavy atom. The molecule has 2 aromatic rings. The molecule has 0 aliphatic carbocycles. The van der Waals surface area contributed by atoms with E-state index in [0.29, 0.717) is 12.3 Å². The molecule has 2 atom stereocenters. The average molecular weight is 306 g/mol. The third-order valence-electron chi connectivity index (χ3n) is 4.12. The van der Waals surface area contributed by atoms with Gasteiger partial charge in [0.15, 0.2) is 5.82 Å². The quantitative estimate of drug-likeness (QED) is 0.920. The lowest BCUT2D eigenvalue weighted by atomic mass is 9.85. The molecule has 0 amide bonds. The number of thiazole rings is 1. The molecule has 0 saturated carbocycles. The summed E-state index contributed by atoms with van der Waals surface area (Å²) in [5, 5.41) is 10.6. The Morgan fingerprint density at radius 2 is 2.38 bits per heavy atom. The van der Waals surface area contributed by atoms with Crippen molar-refractivity contribution < 1.29 is 4.52 Å². The molecule has 1 saturated heterocycles. The zero-order valence-corrected chi connectivity index (χ0v) is 13.4. The third-order valence-corrected chi connectivity index (χ3v) is 5.09. The van der Waals surface area contributed by atoms with Crippen molar-refractivity contribution in [1.29, 1.82) is 0 Å². The molecular formula is C15H22N4OS. The first-order valence-corrected chi connectivity index (χ1v) is 8.52. The van der Waals surface area contributed by atoms with Crippen molar-refractivity contribution >= 4 is 11.3 Å². The maximum atomic E-state index is 5.40. The molecule has 1 aliphatic rings. The lowest BCUT2D eigenvalue weighted by molar-refractivity contribution is 0.256. The minimum atomic E-state index is 0.577. The summed E-state index contributed by atoms with van der Waals surface area (Å²) in [6, 6.07) is 0. The van der Waals surface area contributed by atoms with Crippen LogP contribution in [0.5, 0.6) is 0 Å². The number of nitrogens with zero attached hydrogens (tertiary/aromatic N) is 3. The van der Waals surface area contributed by atoms with E-state index in [9.17, 15) is 0 Å². The predicted octanol–water partition coefficient (Wildman–Crippen LogP) is 2.60. The van der Waals surface area contributed by atoms with Crippen LogP contribution >= 0.6 is 11.3 Å². The standard InChI is InChI=1S/C15H22N4OS/c1-10(12-4-3-5-16-8-12)6-14-18-13(19-20-14)7-15-17-11(2)9-21-15/h9-10,12,16H,3-8H2,1-2H3. The van der Waals surface area contributed by atoms with Crippen molar-refractivity contribution in [2.24, 2.45) is 11.8 Å². The molecule has 5 nitrogen and oxygen atoms in total. The second-order valence-corrected chi connectivity index (χ2v) is 6.89. The van der Waals surface area contributed by atoms with E-state index in [2.05, 4.69) is 32.7 Å². The summed E-state index contributed by atoms with van der Waals surface area (Å²) in [6.45, 7) is 6.55. The summed E-state index contributed by atoms with van der Waals surface area (Å²) in [7, 11) is 0. The van der Waals surface area contributed by atoms with Crippen molar-refractivity contribution in [2.75, 3.05) is 13.1 Å². The maximum absolute atomic E-state index is 5.40. The molecule has 6 heteroatoms. The lowest BCUT2D eigenvalue weighted by Crippen LogP contribution is -2.33. The Kier molecular flexibility index (Phi) is 4.65. The molecule has 0 spiro atoms. The van der Waals surface area contributed by atoms with Gasteiger partial charge in [-0.3, -0.25) is 0 Å². The zero-order valence-electron chi connectivity index (χ0n) is 12.6. The molecule has 1 aliphatic heterocycles. The largest absolute Gasteiger partial charge is 0.339 e. The highest BCUT2D eigenvalue weighted by atomic mass is 32.1. The summed E-state index contributed by atoms with van der Waals surface area (Å²) in [5.41, 5.74) is 1.05. The second kappa shape index (κ2) is 6.66. The van der Waals surface area contributed by atoms with Crippen LogP contribution in [-0.2, 0) is 12.8 Å². The SMILES string of the molecule is Cc1csc(Cc2noc(CC(C)C3CCCNC3)n2)n1. The van der Waals surface area contributed by atoms with E-state index in [-0.39, 0.29) is 0 Å². The van der Waals surface area contributed by atoms with Crippen molar-refractivity contribution in [3.8, 4) is 0 Å². The number of hydrogen-bond acceptors (Lipinski definition) is 6. The molecule has 21 heavy (non-hydrogen) atoms. The third kappa shape index (κ3) is 3.89. The van der Waals surface area contributed by atoms with Crippen molar-refractivity contribution in [2.45, 2.75) is 39.5 Å². The minimum Gasteiger partial charge on any atom is -0.339 e. The fraction of sp³-hybridized carbons (Fsp3) is 0.667. The second-order valence-electron chi connectivity index (χ2n) is 5.95. The molecule has 1 fully saturated rings. The highest BCUT2D eigenvalue weighted by molar-refractivity contribution is 7.09. The van der Waals surface area contributed by atoms with E-state index >= 15 is 0 Å². The monoisotopic (exact) mass is 306 g/mol. The number of hydrogen-bond donors (Lipinski definition) is 1. The van der Waals surface area contributed by atoms with E-state index in [1.807, 2.05) is 6.92 Å². The van der Waals surface area contributed by atoms with E-state index in [1.54, 1.807) is 11.3 Å². The fourth-order valence-corrected chi connectivity index (χ4v) is 3.64. The molecular weight excluding hydrogens is 284 g/mol. The average Bonchev–Trinajstić information content (AvgIpc) is 3.09. The Balaban J connectivity index is 1.56. The van der Waals surface area contributed by atoms with E-state index < -0.39 is 0 Å². The first-order chi connectivity index (χ1) is 10.2. The fourth-order valence-electron chi connectivity index (χ4n) is 2.87. The van der Waals surface area contributed by atoms with Gasteiger partial charge in [-0.1, -0.05) is 12.1 Å². The summed E-state index contributed by atoms with van der Waals surface area (Å²) < 4.78 is 5.40. The Labute approximate surface area is 129 Å². The molecule has 0 radical (unpaired) electrons. The number of aromatic nitrogens is 3. The van der Waals surface area contributed by atoms with Crippen molar-refractivity contribution in [3.05, 3.63) is 27.8 Å². The van der Waals surface area contributed by atoms with E-state index in [1.165, 1.54) is 12.8 Å². The van der Waals surface area contributed by atoms with Crippen LogP contribution in [0.15, 0.2) is 9.90 Å². The highest BCUT2D eigenvalue weighted by Crippen LogP contribution is 2.23. The first kappa shape index (κ1) is 14.7. The van der Waals surface area contributed by atoms with Gasteiger partial charge in [-0.2, -0.15) is 4.98 Å². The van der Waals surface area contributed by atoms with Crippen LogP contribution in [0, 0.1) is 18.8 Å². The van der Waals surface area contributed by atoms with Gasteiger partial charge in [-0.25, -0.2) is 4.98 Å². The van der Waals surface area contributed by atoms with Crippen LogP contribution in [0.1, 0.15) is 42.2 Å². The summed E-state index contributed by atoms with van der Waals surface area (Å²) >= 11 is 1.65. The van der Waals surface area contributed by atoms with Gasteiger partial charge >= 0.3 is 0 Å². The smallest absolute Gasteiger partial charge is 0.226 e. The molecule has 3 rings (SSSR count). The first-order valence-electron chi connectivity index (χ1n) is 7.64. The summed E-state index contributed by atoms with van der Waals surface area (Å²) in [5.74, 6) is 2.80. The van der Waals surface area contributed by atoms with Crippen LogP contribution in [-0.4, -0.2) is 28.2 Å². The number of aryl methyl sites for hydroxylation is 1. The Bertz CT molecular complexity index is 574. The van der Waals surface area contributed by atoms with Crippen molar-refractivity contribution in [1.82, 2.24) is 20.4 Å². The van der Waals surface area contributed by atoms with Gasteiger partial charge in [0.2, 0.25) is 5.89 Å². The van der Waals surface area contributed by atoms with Gasteiger partial charge in [-0.05, 0) is 44.7 Å². The number of nitrogens with one attached hydrogen (secondary N) is 1. The zero-order chi connectivity index (χ0) is 14.7. The lowest BCUT2D eigenvalue weighted by Gasteiger charge is -2.27. The predicted molar refractivity (Wildman–Crippen MR) is 82.4 cm³/mol. The number of rotatable bonds is 5. The Morgan fingerprint density at radius 3 is 3.10 bits per heavy atom. The van der Waals surface area contributed by atoms with Crippen LogP contribution in [0.2, 0.25) is 0 Å². The van der Waals surface area contributed by atoms with Gasteiger partial charge in [0.1, 0.15) is 5.01 Å². The van der Waals surface area contributed by atoms with Gasteiger partial charge in [-0.15, -0.1) is 11.3 Å². The molecule has 0 aromatic carbocycles. The van der Waals surface area contributed by atoms with Gasteiger partial charge < -0.3 is 9.84 Å². The van der Waals surface area contributed by atoms with Crippen LogP contribution in [0.3, 0.4) is 0 Å². The van der Waals surface area contributed by atoms with Gasteiger partial charge in [0, 0.05) is 17.5 Å². The van der Waals surface area contributed by atoms with Crippen LogP contribution in [0.25, 0.3) is 0 Å². The number of piperidine rings is 1. The molecule has 2 aromatic heterocycles.